The van der Waals surface area contributed by atoms with Crippen molar-refractivity contribution in [1.82, 2.24) is 5.32 Å². The minimum absolute atomic E-state index is 0.0590. The largest absolute Gasteiger partial charge is 0.394 e. The number of amides is 1. The summed E-state index contributed by atoms with van der Waals surface area (Å²) in [6.45, 7) is 4.18. The molecule has 5 N–H and O–H groups in total. The van der Waals surface area contributed by atoms with Crippen LogP contribution >= 0.6 is 0 Å². The maximum atomic E-state index is 12.5. The average molecular weight is 682 g/mol. The van der Waals surface area contributed by atoms with Crippen LogP contribution in [-0.4, -0.2) is 57.3 Å². The number of allylic oxidation sites excluding steroid dienone is 2. The van der Waals surface area contributed by atoms with E-state index in [4.69, 9.17) is 0 Å². The Labute approximate surface area is 298 Å². The zero-order valence-corrected chi connectivity index (χ0v) is 32.0. The number of unbranched alkanes of at least 4 members (excludes halogenated alkanes) is 26. The Hall–Kier alpha value is -0.950. The number of carbonyl (C=O) groups excluding carboxylic acids is 1. The number of nitrogens with one attached hydrogen (secondary N) is 1. The predicted octanol–water partition coefficient (Wildman–Crippen LogP) is 10.6. The number of rotatable bonds is 38. The molecule has 48 heavy (non-hydrogen) atoms. The van der Waals surface area contributed by atoms with E-state index in [2.05, 4.69) is 31.3 Å². The third-order valence-electron chi connectivity index (χ3n) is 9.93. The molecule has 0 aliphatic carbocycles. The van der Waals surface area contributed by atoms with Gasteiger partial charge in [-0.3, -0.25) is 4.79 Å². The van der Waals surface area contributed by atoms with Crippen molar-refractivity contribution in [2.24, 2.45) is 0 Å². The molecule has 0 heterocycles. The monoisotopic (exact) mass is 682 g/mol. The molecule has 0 aromatic heterocycles. The second-order valence-corrected chi connectivity index (χ2v) is 14.7. The highest BCUT2D eigenvalue weighted by atomic mass is 16.3. The van der Waals surface area contributed by atoms with Gasteiger partial charge in [-0.25, -0.2) is 0 Å². The predicted molar refractivity (Wildman–Crippen MR) is 205 cm³/mol. The summed E-state index contributed by atoms with van der Waals surface area (Å²) in [6.07, 6.45) is 39.1. The molecule has 0 radical (unpaired) electrons. The van der Waals surface area contributed by atoms with Crippen LogP contribution in [0.3, 0.4) is 0 Å². The van der Waals surface area contributed by atoms with Crippen molar-refractivity contribution >= 4 is 5.91 Å². The second-order valence-electron chi connectivity index (χ2n) is 14.7. The number of carbonyl (C=O) groups is 1. The molecule has 1 amide bonds. The normalized spacial score (nSPS) is 14.4. The number of aliphatic hydroxyl groups excluding tert-OH is 4. The summed E-state index contributed by atoms with van der Waals surface area (Å²) in [5.74, 6) is -0.510. The summed E-state index contributed by atoms with van der Waals surface area (Å²) >= 11 is 0. The molecule has 0 aromatic rings. The van der Waals surface area contributed by atoms with Crippen LogP contribution in [0.1, 0.15) is 219 Å². The van der Waals surface area contributed by atoms with Gasteiger partial charge in [-0.15, -0.1) is 0 Å². The molecule has 0 fully saturated rings. The van der Waals surface area contributed by atoms with Gasteiger partial charge in [0, 0.05) is 0 Å². The molecular formula is C42H83NO5. The fourth-order valence-corrected chi connectivity index (χ4v) is 6.56. The van der Waals surface area contributed by atoms with E-state index in [0.29, 0.717) is 12.8 Å². The summed E-state index contributed by atoms with van der Waals surface area (Å²) < 4.78 is 0. The molecule has 4 atom stereocenters. The first kappa shape index (κ1) is 47.0. The van der Waals surface area contributed by atoms with Crippen molar-refractivity contribution in [3.05, 3.63) is 12.2 Å². The van der Waals surface area contributed by atoms with Crippen molar-refractivity contribution in [2.75, 3.05) is 6.61 Å². The van der Waals surface area contributed by atoms with Crippen LogP contribution in [-0.2, 0) is 4.79 Å². The molecular weight excluding hydrogens is 598 g/mol. The van der Waals surface area contributed by atoms with Gasteiger partial charge in [0.15, 0.2) is 0 Å². The standard InChI is InChI=1S/C42H83NO5/c1-3-5-7-9-11-13-15-17-18-19-20-21-22-23-25-27-29-31-33-35-40(46)42(48)43-38(37-44)36-41(47)39(45)34-32-30-28-26-24-16-14-12-10-8-6-4-2/h26,28,38-41,44-47H,3-25,27,29-37H2,1-2H3,(H,43,48)/t38-,39-,40-,41+/m1/s1. The minimum atomic E-state index is -1.11. The first-order valence-electron chi connectivity index (χ1n) is 21.1. The topological polar surface area (TPSA) is 110 Å². The molecule has 0 spiro atoms. The Bertz CT molecular complexity index is 687. The Morgan fingerprint density at radius 3 is 1.29 bits per heavy atom. The van der Waals surface area contributed by atoms with Crippen molar-refractivity contribution < 1.29 is 25.2 Å². The number of aliphatic hydroxyl groups is 4. The first-order chi connectivity index (χ1) is 23.5. The smallest absolute Gasteiger partial charge is 0.249 e. The van der Waals surface area contributed by atoms with Gasteiger partial charge in [0.1, 0.15) is 6.10 Å². The summed E-state index contributed by atoms with van der Waals surface area (Å²) in [6, 6.07) is -0.691. The van der Waals surface area contributed by atoms with E-state index in [1.165, 1.54) is 148 Å². The van der Waals surface area contributed by atoms with E-state index >= 15 is 0 Å². The second kappa shape index (κ2) is 37.3. The molecule has 0 bridgehead atoms. The van der Waals surface area contributed by atoms with Crippen LogP contribution in [0.15, 0.2) is 12.2 Å². The summed E-state index contributed by atoms with van der Waals surface area (Å²) in [4.78, 5) is 12.5. The zero-order chi connectivity index (χ0) is 35.3. The van der Waals surface area contributed by atoms with Gasteiger partial charge < -0.3 is 25.7 Å². The average Bonchev–Trinajstić information content (AvgIpc) is 3.09. The molecule has 0 aliphatic heterocycles. The van der Waals surface area contributed by atoms with Gasteiger partial charge in [0.25, 0.3) is 0 Å². The lowest BCUT2D eigenvalue weighted by Crippen LogP contribution is -2.46. The van der Waals surface area contributed by atoms with Crippen molar-refractivity contribution in [1.29, 1.82) is 0 Å². The van der Waals surface area contributed by atoms with Crippen molar-refractivity contribution in [3.63, 3.8) is 0 Å². The van der Waals surface area contributed by atoms with Gasteiger partial charge in [-0.1, -0.05) is 187 Å². The van der Waals surface area contributed by atoms with E-state index in [1.807, 2.05) is 0 Å². The molecule has 6 heteroatoms. The Morgan fingerprint density at radius 2 is 0.875 bits per heavy atom. The molecule has 0 aromatic carbocycles. The fraction of sp³-hybridized carbons (Fsp3) is 0.929. The minimum Gasteiger partial charge on any atom is -0.394 e. The zero-order valence-electron chi connectivity index (χ0n) is 32.0. The van der Waals surface area contributed by atoms with Crippen LogP contribution < -0.4 is 5.32 Å². The molecule has 286 valence electrons. The number of hydrogen-bond donors (Lipinski definition) is 5. The van der Waals surface area contributed by atoms with E-state index in [-0.39, 0.29) is 13.0 Å². The maximum absolute atomic E-state index is 12.5. The Morgan fingerprint density at radius 1 is 0.500 bits per heavy atom. The van der Waals surface area contributed by atoms with Gasteiger partial charge in [-0.2, -0.15) is 0 Å². The highest BCUT2D eigenvalue weighted by Gasteiger charge is 2.24. The number of hydrogen-bond acceptors (Lipinski definition) is 5. The molecule has 0 aliphatic rings. The SMILES string of the molecule is CCCCCCCCCC=CCCC[C@@H](O)[C@@H](O)C[C@H](CO)NC(=O)[C@H](O)CCCCCCCCCCCCCCCCCCCCC. The molecule has 0 saturated carbocycles. The van der Waals surface area contributed by atoms with Crippen LogP contribution in [0.25, 0.3) is 0 Å². The lowest BCUT2D eigenvalue weighted by Gasteiger charge is -2.24. The lowest BCUT2D eigenvalue weighted by atomic mass is 10.00. The highest BCUT2D eigenvalue weighted by molar-refractivity contribution is 5.80. The van der Waals surface area contributed by atoms with Crippen LogP contribution in [0.2, 0.25) is 0 Å². The summed E-state index contributed by atoms with van der Waals surface area (Å²) in [7, 11) is 0. The third-order valence-corrected chi connectivity index (χ3v) is 9.93. The van der Waals surface area contributed by atoms with E-state index in [0.717, 1.165) is 38.5 Å². The molecule has 0 rings (SSSR count). The van der Waals surface area contributed by atoms with Gasteiger partial charge >= 0.3 is 0 Å². The molecule has 6 nitrogen and oxygen atoms in total. The van der Waals surface area contributed by atoms with Gasteiger partial charge in [0.05, 0.1) is 24.9 Å². The Kier molecular flexibility index (Phi) is 36.6. The highest BCUT2D eigenvalue weighted by Crippen LogP contribution is 2.16. The maximum Gasteiger partial charge on any atom is 0.249 e. The van der Waals surface area contributed by atoms with Crippen molar-refractivity contribution in [2.45, 2.75) is 244 Å². The van der Waals surface area contributed by atoms with E-state index in [1.54, 1.807) is 0 Å². The fourth-order valence-electron chi connectivity index (χ4n) is 6.56. The van der Waals surface area contributed by atoms with Crippen molar-refractivity contribution in [3.8, 4) is 0 Å². The first-order valence-corrected chi connectivity index (χ1v) is 21.1. The molecule has 0 unspecified atom stereocenters. The lowest BCUT2D eigenvalue weighted by molar-refractivity contribution is -0.131. The molecule has 0 saturated heterocycles. The summed E-state index contributed by atoms with van der Waals surface area (Å²) in [5.41, 5.74) is 0. The van der Waals surface area contributed by atoms with E-state index < -0.39 is 30.3 Å². The summed E-state index contributed by atoms with van der Waals surface area (Å²) in [5, 5.41) is 43.5. The van der Waals surface area contributed by atoms with Crippen LogP contribution in [0, 0.1) is 0 Å². The quantitative estimate of drug-likeness (QED) is 0.0329. The van der Waals surface area contributed by atoms with Crippen LogP contribution in [0.4, 0.5) is 0 Å². The van der Waals surface area contributed by atoms with Gasteiger partial charge in [0.2, 0.25) is 5.91 Å². The Balaban J connectivity index is 3.73. The van der Waals surface area contributed by atoms with E-state index in [9.17, 15) is 25.2 Å². The third kappa shape index (κ3) is 32.3. The van der Waals surface area contributed by atoms with Crippen LogP contribution in [0.5, 0.6) is 0 Å². The van der Waals surface area contributed by atoms with Gasteiger partial charge in [-0.05, 0) is 44.9 Å².